The summed E-state index contributed by atoms with van der Waals surface area (Å²) in [6.07, 6.45) is 3.26. The zero-order valence-corrected chi connectivity index (χ0v) is 8.22. The smallest absolute Gasteiger partial charge is 0.259 e. The molecule has 1 aromatic heterocycles. The number of anilines is 1. The minimum Gasteiger partial charge on any atom is -0.342 e. The number of fused-ring (bicyclic) bond motifs is 1. The SMILES string of the molecule is ClC1(I)N=Cc2[nH]cnc2N1. The first-order chi connectivity index (χ1) is 5.17. The van der Waals surface area contributed by atoms with Crippen LogP contribution in [0.3, 0.4) is 0 Å². The first-order valence-corrected chi connectivity index (χ1v) is 4.38. The maximum Gasteiger partial charge on any atom is 0.259 e. The Morgan fingerprint density at radius 2 is 2.45 bits per heavy atom. The minimum atomic E-state index is -0.778. The number of rotatable bonds is 0. The molecule has 0 saturated heterocycles. The van der Waals surface area contributed by atoms with Crippen molar-refractivity contribution in [3.8, 4) is 0 Å². The van der Waals surface area contributed by atoms with Gasteiger partial charge in [-0.25, -0.2) is 9.98 Å². The van der Waals surface area contributed by atoms with Gasteiger partial charge in [0, 0.05) is 0 Å². The summed E-state index contributed by atoms with van der Waals surface area (Å²) in [5.74, 6) is 0.740. The second kappa shape index (κ2) is 2.34. The lowest BCUT2D eigenvalue weighted by Gasteiger charge is -2.20. The lowest BCUT2D eigenvalue weighted by Crippen LogP contribution is -2.25. The molecule has 0 radical (unpaired) electrons. The van der Waals surface area contributed by atoms with E-state index in [0.717, 1.165) is 11.5 Å². The Morgan fingerprint density at radius 3 is 3.27 bits per heavy atom. The largest absolute Gasteiger partial charge is 0.342 e. The standard InChI is InChI=1S/C5H4ClIN4/c6-5(7)10-1-3-4(11-5)9-2-8-3/h1-2,11H,(H,8,9). The fraction of sp³-hybridized carbons (Fsp3) is 0.200. The van der Waals surface area contributed by atoms with E-state index in [2.05, 4.69) is 20.3 Å². The van der Waals surface area contributed by atoms with E-state index >= 15 is 0 Å². The molecule has 1 unspecified atom stereocenters. The predicted molar refractivity (Wildman–Crippen MR) is 52.4 cm³/mol. The van der Waals surface area contributed by atoms with Gasteiger partial charge in [0.2, 0.25) is 0 Å². The third-order valence-electron chi connectivity index (χ3n) is 1.29. The number of nitrogens with one attached hydrogen (secondary N) is 2. The summed E-state index contributed by atoms with van der Waals surface area (Å²) in [7, 11) is 0. The molecule has 58 valence electrons. The zero-order valence-electron chi connectivity index (χ0n) is 5.31. The quantitative estimate of drug-likeness (QED) is 0.431. The molecule has 0 aromatic carbocycles. The van der Waals surface area contributed by atoms with Gasteiger partial charge in [0.15, 0.2) is 5.82 Å². The van der Waals surface area contributed by atoms with Gasteiger partial charge < -0.3 is 10.3 Å². The Kier molecular flexibility index (Phi) is 1.57. The molecular formula is C5H4ClIN4. The number of aliphatic imine (C=N–C) groups is 1. The Labute approximate surface area is 81.6 Å². The highest BCUT2D eigenvalue weighted by Crippen LogP contribution is 2.30. The van der Waals surface area contributed by atoms with Crippen LogP contribution in [0.5, 0.6) is 0 Å². The van der Waals surface area contributed by atoms with Crippen molar-refractivity contribution in [3.63, 3.8) is 0 Å². The van der Waals surface area contributed by atoms with Crippen LogP contribution in [0.15, 0.2) is 11.3 Å². The number of halogens is 2. The van der Waals surface area contributed by atoms with Crippen LogP contribution >= 0.6 is 34.2 Å². The van der Waals surface area contributed by atoms with Crippen molar-refractivity contribution in [2.75, 3.05) is 5.32 Å². The van der Waals surface area contributed by atoms with Crippen LogP contribution < -0.4 is 5.32 Å². The second-order valence-corrected chi connectivity index (χ2v) is 4.84. The number of hydrogen-bond acceptors (Lipinski definition) is 3. The number of aromatic amines is 1. The molecule has 11 heavy (non-hydrogen) atoms. The highest BCUT2D eigenvalue weighted by molar-refractivity contribution is 14.1. The van der Waals surface area contributed by atoms with Crippen LogP contribution in [0.4, 0.5) is 5.82 Å². The van der Waals surface area contributed by atoms with Gasteiger partial charge in [0.05, 0.1) is 12.5 Å². The normalized spacial score (nSPS) is 27.8. The average molecular weight is 282 g/mol. The number of hydrogen-bond donors (Lipinski definition) is 2. The Bertz CT molecular complexity index is 305. The molecule has 1 aliphatic heterocycles. The van der Waals surface area contributed by atoms with Crippen LogP contribution in [-0.2, 0) is 0 Å². The van der Waals surface area contributed by atoms with Gasteiger partial charge in [-0.15, -0.1) is 0 Å². The van der Waals surface area contributed by atoms with E-state index in [-0.39, 0.29) is 0 Å². The van der Waals surface area contributed by atoms with Crippen molar-refractivity contribution in [1.29, 1.82) is 0 Å². The van der Waals surface area contributed by atoms with Crippen molar-refractivity contribution >= 4 is 46.2 Å². The Balaban J connectivity index is 2.44. The fourth-order valence-electron chi connectivity index (χ4n) is 0.823. The average Bonchev–Trinajstić information content (AvgIpc) is 2.31. The van der Waals surface area contributed by atoms with E-state index in [1.165, 1.54) is 0 Å². The number of aromatic nitrogens is 2. The predicted octanol–water partition coefficient (Wildman–Crippen LogP) is 1.54. The van der Waals surface area contributed by atoms with E-state index in [4.69, 9.17) is 11.6 Å². The van der Waals surface area contributed by atoms with Gasteiger partial charge in [0.25, 0.3) is 3.13 Å². The second-order valence-electron chi connectivity index (χ2n) is 2.09. The number of H-pyrrole nitrogens is 1. The molecule has 1 aliphatic rings. The Morgan fingerprint density at radius 1 is 1.64 bits per heavy atom. The van der Waals surface area contributed by atoms with Crippen LogP contribution in [0.25, 0.3) is 0 Å². The topological polar surface area (TPSA) is 53.1 Å². The summed E-state index contributed by atoms with van der Waals surface area (Å²) >= 11 is 7.87. The van der Waals surface area contributed by atoms with Gasteiger partial charge in [-0.3, -0.25) is 0 Å². The molecular weight excluding hydrogens is 278 g/mol. The molecule has 4 nitrogen and oxygen atoms in total. The molecule has 2 rings (SSSR count). The summed E-state index contributed by atoms with van der Waals surface area (Å²) in [6.45, 7) is 0. The van der Waals surface area contributed by atoms with E-state index in [1.807, 2.05) is 22.6 Å². The minimum absolute atomic E-state index is 0.740. The molecule has 0 aliphatic carbocycles. The third kappa shape index (κ3) is 1.34. The van der Waals surface area contributed by atoms with Gasteiger partial charge >= 0.3 is 0 Å². The summed E-state index contributed by atoms with van der Waals surface area (Å²) in [5, 5.41) is 2.93. The monoisotopic (exact) mass is 282 g/mol. The lowest BCUT2D eigenvalue weighted by molar-refractivity contribution is 0.988. The van der Waals surface area contributed by atoms with Crippen LogP contribution in [0.2, 0.25) is 0 Å². The van der Waals surface area contributed by atoms with Crippen molar-refractivity contribution in [2.45, 2.75) is 3.13 Å². The van der Waals surface area contributed by atoms with Crippen LogP contribution in [0.1, 0.15) is 5.69 Å². The highest BCUT2D eigenvalue weighted by atomic mass is 127. The van der Waals surface area contributed by atoms with Gasteiger partial charge in [-0.05, 0) is 22.6 Å². The molecule has 0 saturated carbocycles. The first kappa shape index (κ1) is 7.35. The molecule has 0 fully saturated rings. The van der Waals surface area contributed by atoms with Crippen molar-refractivity contribution < 1.29 is 0 Å². The molecule has 0 spiro atoms. The number of nitrogens with zero attached hydrogens (tertiary/aromatic N) is 2. The summed E-state index contributed by atoms with van der Waals surface area (Å²) in [4.78, 5) is 10.9. The maximum atomic E-state index is 5.88. The van der Waals surface area contributed by atoms with E-state index < -0.39 is 3.13 Å². The van der Waals surface area contributed by atoms with Crippen molar-refractivity contribution in [2.24, 2.45) is 4.99 Å². The molecule has 1 atom stereocenters. The maximum absolute atomic E-state index is 5.88. The van der Waals surface area contributed by atoms with Gasteiger partial charge in [-0.2, -0.15) is 0 Å². The van der Waals surface area contributed by atoms with Gasteiger partial charge in [-0.1, -0.05) is 11.6 Å². The third-order valence-corrected chi connectivity index (χ3v) is 2.03. The van der Waals surface area contributed by atoms with Crippen LogP contribution in [-0.4, -0.2) is 19.3 Å². The Hall–Kier alpha value is -0.300. The van der Waals surface area contributed by atoms with E-state index in [0.29, 0.717) is 0 Å². The molecule has 0 bridgehead atoms. The molecule has 6 heteroatoms. The van der Waals surface area contributed by atoms with E-state index in [1.54, 1.807) is 12.5 Å². The summed E-state index contributed by atoms with van der Waals surface area (Å²) in [6, 6.07) is 0. The fourth-order valence-corrected chi connectivity index (χ4v) is 1.36. The summed E-state index contributed by atoms with van der Waals surface area (Å²) < 4.78 is -0.778. The van der Waals surface area contributed by atoms with Crippen molar-refractivity contribution in [1.82, 2.24) is 9.97 Å². The molecule has 2 N–H and O–H groups in total. The molecule has 0 amide bonds. The number of imidazole rings is 1. The molecule has 1 aromatic rings. The summed E-state index contributed by atoms with van der Waals surface area (Å²) in [5.41, 5.74) is 0.859. The lowest BCUT2D eigenvalue weighted by atomic mass is 10.4. The molecule has 2 heterocycles. The first-order valence-electron chi connectivity index (χ1n) is 2.92. The highest BCUT2D eigenvalue weighted by Gasteiger charge is 2.26. The van der Waals surface area contributed by atoms with Gasteiger partial charge in [0.1, 0.15) is 5.69 Å². The zero-order chi connectivity index (χ0) is 7.90. The number of alkyl halides is 2. The van der Waals surface area contributed by atoms with Crippen LogP contribution in [0, 0.1) is 0 Å². The van der Waals surface area contributed by atoms with E-state index in [9.17, 15) is 0 Å². The van der Waals surface area contributed by atoms with Crippen molar-refractivity contribution in [3.05, 3.63) is 12.0 Å².